The molecule has 0 saturated heterocycles. The Bertz CT molecular complexity index is 325. The van der Waals surface area contributed by atoms with Crippen molar-refractivity contribution >= 4 is 0 Å². The highest BCUT2D eigenvalue weighted by molar-refractivity contribution is 5.05. The first kappa shape index (κ1) is 15.2. The van der Waals surface area contributed by atoms with Crippen LogP contribution < -0.4 is 0 Å². The average Bonchev–Trinajstić information content (AvgIpc) is 2.83. The molecule has 4 heteroatoms. The molecule has 4 nitrogen and oxygen atoms in total. The molecule has 0 aromatic carbocycles. The Kier molecular flexibility index (Phi) is 6.98. The molecular formula is C14H26N2O2. The minimum absolute atomic E-state index is 0.280. The van der Waals surface area contributed by atoms with E-state index >= 15 is 0 Å². The summed E-state index contributed by atoms with van der Waals surface area (Å²) in [5.41, 5.74) is 0.926. The fourth-order valence-corrected chi connectivity index (χ4v) is 2.12. The number of aryl methyl sites for hydroxylation is 1. The van der Waals surface area contributed by atoms with Crippen LogP contribution in [-0.2, 0) is 11.3 Å². The van der Waals surface area contributed by atoms with E-state index < -0.39 is 6.10 Å². The molecule has 0 radical (unpaired) electrons. The van der Waals surface area contributed by atoms with Crippen molar-refractivity contribution in [3.8, 4) is 0 Å². The van der Waals surface area contributed by atoms with Crippen molar-refractivity contribution in [2.24, 2.45) is 5.92 Å². The van der Waals surface area contributed by atoms with Crippen LogP contribution in [0.1, 0.15) is 51.3 Å². The number of aliphatic hydroxyl groups is 1. The molecule has 0 aliphatic heterocycles. The van der Waals surface area contributed by atoms with Gasteiger partial charge in [0.15, 0.2) is 0 Å². The van der Waals surface area contributed by atoms with E-state index in [1.165, 1.54) is 6.42 Å². The van der Waals surface area contributed by atoms with Gasteiger partial charge in [-0.15, -0.1) is 0 Å². The lowest BCUT2D eigenvalue weighted by Gasteiger charge is -2.19. The topological polar surface area (TPSA) is 47.3 Å². The number of nitrogens with zero attached hydrogens (tertiary/aromatic N) is 2. The second-order valence-electron chi connectivity index (χ2n) is 4.89. The molecule has 0 aliphatic carbocycles. The molecule has 0 amide bonds. The Morgan fingerprint density at radius 1 is 1.44 bits per heavy atom. The normalized spacial score (nSPS) is 14.7. The molecule has 0 bridgehead atoms. The van der Waals surface area contributed by atoms with Gasteiger partial charge in [0.05, 0.1) is 11.8 Å². The highest BCUT2D eigenvalue weighted by atomic mass is 16.5. The van der Waals surface area contributed by atoms with Gasteiger partial charge in [0.25, 0.3) is 0 Å². The molecule has 1 heterocycles. The Morgan fingerprint density at radius 2 is 2.22 bits per heavy atom. The van der Waals surface area contributed by atoms with E-state index in [9.17, 15) is 5.11 Å². The lowest BCUT2D eigenvalue weighted by Crippen LogP contribution is -2.16. The fraction of sp³-hybridized carbons (Fsp3) is 0.786. The molecule has 0 fully saturated rings. The summed E-state index contributed by atoms with van der Waals surface area (Å²) in [6, 6.07) is 1.92. The Morgan fingerprint density at radius 3 is 2.89 bits per heavy atom. The Labute approximate surface area is 110 Å². The van der Waals surface area contributed by atoms with Crippen LogP contribution in [0.3, 0.4) is 0 Å². The molecular weight excluding hydrogens is 228 g/mol. The first-order valence-corrected chi connectivity index (χ1v) is 6.89. The zero-order valence-corrected chi connectivity index (χ0v) is 11.8. The molecule has 1 aromatic rings. The minimum Gasteiger partial charge on any atom is -0.387 e. The maximum absolute atomic E-state index is 10.3. The van der Waals surface area contributed by atoms with Gasteiger partial charge in [-0.3, -0.25) is 4.68 Å². The van der Waals surface area contributed by atoms with Crippen LogP contribution in [0.2, 0.25) is 0 Å². The molecule has 1 rings (SSSR count). The van der Waals surface area contributed by atoms with Gasteiger partial charge in [-0.1, -0.05) is 26.7 Å². The third kappa shape index (κ3) is 4.42. The second-order valence-corrected chi connectivity index (χ2v) is 4.89. The largest absolute Gasteiger partial charge is 0.387 e. The molecule has 2 unspecified atom stereocenters. The van der Waals surface area contributed by atoms with Gasteiger partial charge in [0.1, 0.15) is 0 Å². The van der Waals surface area contributed by atoms with E-state index in [4.69, 9.17) is 4.74 Å². The summed E-state index contributed by atoms with van der Waals surface area (Å²) in [6.07, 6.45) is 5.65. The van der Waals surface area contributed by atoms with E-state index in [0.29, 0.717) is 0 Å². The van der Waals surface area contributed by atoms with Crippen LogP contribution >= 0.6 is 0 Å². The number of aromatic nitrogens is 2. The van der Waals surface area contributed by atoms with Gasteiger partial charge in [0, 0.05) is 26.5 Å². The quantitative estimate of drug-likeness (QED) is 0.689. The van der Waals surface area contributed by atoms with Gasteiger partial charge in [-0.2, -0.15) is 5.10 Å². The van der Waals surface area contributed by atoms with Crippen molar-refractivity contribution in [1.82, 2.24) is 9.78 Å². The van der Waals surface area contributed by atoms with E-state index in [2.05, 4.69) is 18.9 Å². The highest BCUT2D eigenvalue weighted by Gasteiger charge is 2.19. The summed E-state index contributed by atoms with van der Waals surface area (Å²) in [5, 5.41) is 14.6. The first-order valence-electron chi connectivity index (χ1n) is 6.89. The molecule has 0 saturated carbocycles. The van der Waals surface area contributed by atoms with Gasteiger partial charge in [-0.25, -0.2) is 0 Å². The summed E-state index contributed by atoms with van der Waals surface area (Å²) in [4.78, 5) is 0. The van der Waals surface area contributed by atoms with Crippen molar-refractivity contribution in [2.75, 3.05) is 13.7 Å². The maximum Gasteiger partial charge on any atom is 0.0982 e. The maximum atomic E-state index is 10.3. The zero-order chi connectivity index (χ0) is 13.4. The predicted octanol–water partition coefficient (Wildman–Crippen LogP) is 2.78. The van der Waals surface area contributed by atoms with E-state index in [1.807, 2.05) is 10.7 Å². The lowest BCUT2D eigenvalue weighted by molar-refractivity contribution is 0.101. The number of hydrogen-bond acceptors (Lipinski definition) is 3. The van der Waals surface area contributed by atoms with Gasteiger partial charge < -0.3 is 9.84 Å². The van der Waals surface area contributed by atoms with E-state index in [0.717, 1.165) is 38.1 Å². The third-order valence-electron chi connectivity index (χ3n) is 3.32. The van der Waals surface area contributed by atoms with E-state index in [1.54, 1.807) is 13.3 Å². The zero-order valence-electron chi connectivity index (χ0n) is 11.8. The standard InChI is InChI=1S/C14H26N2O2/c1-4-5-7-12(2)14(17)13-8-9-15-16(13)10-6-11-18-3/h8-9,12,14,17H,4-7,10-11H2,1-3H3. The van der Waals surface area contributed by atoms with Gasteiger partial charge in [0.2, 0.25) is 0 Å². The van der Waals surface area contributed by atoms with Crippen LogP contribution in [0.25, 0.3) is 0 Å². The van der Waals surface area contributed by atoms with Gasteiger partial charge >= 0.3 is 0 Å². The number of aliphatic hydroxyl groups excluding tert-OH is 1. The summed E-state index contributed by atoms with van der Waals surface area (Å²) in [5.74, 6) is 0.280. The van der Waals surface area contributed by atoms with Crippen molar-refractivity contribution in [1.29, 1.82) is 0 Å². The van der Waals surface area contributed by atoms with Crippen molar-refractivity contribution in [2.45, 2.75) is 52.2 Å². The number of methoxy groups -OCH3 is 1. The smallest absolute Gasteiger partial charge is 0.0982 e. The summed E-state index contributed by atoms with van der Waals surface area (Å²) in [7, 11) is 1.70. The molecule has 1 N–H and O–H groups in total. The SMILES string of the molecule is CCCCC(C)C(O)c1ccnn1CCCOC. The third-order valence-corrected chi connectivity index (χ3v) is 3.32. The highest BCUT2D eigenvalue weighted by Crippen LogP contribution is 2.25. The number of rotatable bonds is 9. The number of ether oxygens (including phenoxy) is 1. The number of hydrogen-bond donors (Lipinski definition) is 1. The first-order chi connectivity index (χ1) is 8.70. The van der Waals surface area contributed by atoms with Crippen LogP contribution in [0.15, 0.2) is 12.3 Å². The number of unbranched alkanes of at least 4 members (excludes halogenated alkanes) is 1. The second kappa shape index (κ2) is 8.27. The molecule has 104 valence electrons. The van der Waals surface area contributed by atoms with Gasteiger partial charge in [-0.05, 0) is 24.8 Å². The van der Waals surface area contributed by atoms with Crippen molar-refractivity contribution in [3.63, 3.8) is 0 Å². The van der Waals surface area contributed by atoms with E-state index in [-0.39, 0.29) is 5.92 Å². The summed E-state index contributed by atoms with van der Waals surface area (Å²) in [6.45, 7) is 5.80. The van der Waals surface area contributed by atoms with Crippen LogP contribution in [-0.4, -0.2) is 28.6 Å². The molecule has 2 atom stereocenters. The minimum atomic E-state index is -0.415. The monoisotopic (exact) mass is 254 g/mol. The lowest BCUT2D eigenvalue weighted by atomic mass is 9.96. The Balaban J connectivity index is 2.56. The van der Waals surface area contributed by atoms with Crippen LogP contribution in [0.4, 0.5) is 0 Å². The summed E-state index contributed by atoms with van der Waals surface area (Å²) >= 11 is 0. The van der Waals surface area contributed by atoms with Crippen molar-refractivity contribution in [3.05, 3.63) is 18.0 Å². The average molecular weight is 254 g/mol. The van der Waals surface area contributed by atoms with Crippen molar-refractivity contribution < 1.29 is 9.84 Å². The Hall–Kier alpha value is -0.870. The van der Waals surface area contributed by atoms with Crippen LogP contribution in [0, 0.1) is 5.92 Å². The molecule has 18 heavy (non-hydrogen) atoms. The molecule has 0 aliphatic rings. The fourth-order valence-electron chi connectivity index (χ4n) is 2.12. The molecule has 1 aromatic heterocycles. The predicted molar refractivity (Wildman–Crippen MR) is 72.4 cm³/mol. The van der Waals surface area contributed by atoms with Crippen LogP contribution in [0.5, 0.6) is 0 Å². The molecule has 0 spiro atoms. The summed E-state index contributed by atoms with van der Waals surface area (Å²) < 4.78 is 6.93.